The van der Waals surface area contributed by atoms with Crippen LogP contribution in [-0.2, 0) is 9.47 Å². The van der Waals surface area contributed by atoms with E-state index in [1.807, 2.05) is 42.5 Å². The van der Waals surface area contributed by atoms with Crippen molar-refractivity contribution in [3.05, 3.63) is 94.0 Å². The minimum atomic E-state index is -0.652. The number of halogens is 1. The summed E-state index contributed by atoms with van der Waals surface area (Å²) in [5, 5.41) is 3.40. The van der Waals surface area contributed by atoms with Gasteiger partial charge in [0.05, 0.1) is 47.8 Å². The smallest absolute Gasteiger partial charge is 0.339 e. The second-order valence-corrected chi connectivity index (χ2v) is 8.20. The number of aromatic nitrogens is 1. The lowest BCUT2D eigenvalue weighted by Gasteiger charge is -2.14. The molecule has 1 N–H and O–H groups in total. The normalized spacial score (nSPS) is 10.6. The molecule has 4 aromatic rings. The first kappa shape index (κ1) is 23.1. The molecule has 8 heteroatoms. The largest absolute Gasteiger partial charge is 0.465 e. The van der Waals surface area contributed by atoms with E-state index >= 15 is 0 Å². The van der Waals surface area contributed by atoms with Crippen molar-refractivity contribution in [3.8, 4) is 11.3 Å². The monoisotopic (exact) mass is 518 g/mol. The Bertz CT molecular complexity index is 1430. The average molecular weight is 519 g/mol. The van der Waals surface area contributed by atoms with Gasteiger partial charge in [-0.05, 0) is 42.5 Å². The number of hydrogen-bond donors (Lipinski definition) is 1. The molecular formula is C26H19BrN2O5. The molecule has 0 fully saturated rings. The second-order valence-electron chi connectivity index (χ2n) is 7.28. The number of amides is 1. The molecule has 0 radical (unpaired) electrons. The first-order valence-electron chi connectivity index (χ1n) is 10.2. The van der Waals surface area contributed by atoms with E-state index in [0.717, 1.165) is 10.0 Å². The number of nitrogens with one attached hydrogen (secondary N) is 1. The summed E-state index contributed by atoms with van der Waals surface area (Å²) >= 11 is 3.46. The predicted octanol–water partition coefficient (Wildman–Crippen LogP) is 5.49. The molecular weight excluding hydrogens is 500 g/mol. The van der Waals surface area contributed by atoms with Gasteiger partial charge in [-0.15, -0.1) is 0 Å². The molecule has 3 aromatic carbocycles. The van der Waals surface area contributed by atoms with Gasteiger partial charge in [0.2, 0.25) is 0 Å². The van der Waals surface area contributed by atoms with Crippen LogP contribution in [0.3, 0.4) is 0 Å². The third-order valence-corrected chi connectivity index (χ3v) is 5.67. The summed E-state index contributed by atoms with van der Waals surface area (Å²) < 4.78 is 10.5. The lowest BCUT2D eigenvalue weighted by Crippen LogP contribution is -2.17. The predicted molar refractivity (Wildman–Crippen MR) is 132 cm³/mol. The van der Waals surface area contributed by atoms with Gasteiger partial charge in [-0.2, -0.15) is 0 Å². The number of methoxy groups -OCH3 is 2. The lowest BCUT2D eigenvalue weighted by atomic mass is 10.0. The van der Waals surface area contributed by atoms with Gasteiger partial charge in [-0.1, -0.05) is 46.3 Å². The van der Waals surface area contributed by atoms with Crippen LogP contribution in [0.15, 0.2) is 77.3 Å². The SMILES string of the molecule is COC(=O)c1ccc(C(=O)OC)c(NC(=O)c2cc(-c3cccc(Br)c3)nc3ccccc23)c1. The number of nitrogens with zero attached hydrogens (tertiary/aromatic N) is 1. The molecule has 1 aromatic heterocycles. The molecule has 0 unspecified atom stereocenters. The maximum atomic E-state index is 13.5. The van der Waals surface area contributed by atoms with E-state index in [1.54, 1.807) is 12.1 Å². The van der Waals surface area contributed by atoms with Crippen molar-refractivity contribution in [2.75, 3.05) is 19.5 Å². The van der Waals surface area contributed by atoms with Crippen LogP contribution in [0.1, 0.15) is 31.1 Å². The number of fused-ring (bicyclic) bond motifs is 1. The summed E-state index contributed by atoms with van der Waals surface area (Å²) in [6.45, 7) is 0. The van der Waals surface area contributed by atoms with E-state index in [9.17, 15) is 14.4 Å². The van der Waals surface area contributed by atoms with E-state index in [1.165, 1.54) is 32.4 Å². The molecule has 1 amide bonds. The van der Waals surface area contributed by atoms with Gasteiger partial charge in [0.25, 0.3) is 5.91 Å². The topological polar surface area (TPSA) is 94.6 Å². The molecule has 0 bridgehead atoms. The van der Waals surface area contributed by atoms with Crippen molar-refractivity contribution >= 4 is 50.4 Å². The van der Waals surface area contributed by atoms with Crippen LogP contribution in [0, 0.1) is 0 Å². The van der Waals surface area contributed by atoms with Gasteiger partial charge in [-0.3, -0.25) is 4.79 Å². The third-order valence-electron chi connectivity index (χ3n) is 5.18. The van der Waals surface area contributed by atoms with Crippen LogP contribution in [-0.4, -0.2) is 37.0 Å². The van der Waals surface area contributed by atoms with Crippen LogP contribution in [0.2, 0.25) is 0 Å². The summed E-state index contributed by atoms with van der Waals surface area (Å²) in [6.07, 6.45) is 0. The number of carbonyl (C=O) groups excluding carboxylic acids is 3. The van der Waals surface area contributed by atoms with Gasteiger partial charge in [-0.25, -0.2) is 14.6 Å². The van der Waals surface area contributed by atoms with E-state index in [-0.39, 0.29) is 16.8 Å². The van der Waals surface area contributed by atoms with Gasteiger partial charge in [0.15, 0.2) is 0 Å². The van der Waals surface area contributed by atoms with Crippen molar-refractivity contribution in [1.29, 1.82) is 0 Å². The van der Waals surface area contributed by atoms with Gasteiger partial charge >= 0.3 is 11.9 Å². The zero-order chi connectivity index (χ0) is 24.2. The minimum Gasteiger partial charge on any atom is -0.465 e. The summed E-state index contributed by atoms with van der Waals surface area (Å²) in [5.41, 5.74) is 2.86. The van der Waals surface area contributed by atoms with Crippen LogP contribution < -0.4 is 5.32 Å². The summed E-state index contributed by atoms with van der Waals surface area (Å²) in [6, 6.07) is 20.8. The first-order valence-corrected chi connectivity index (χ1v) is 11.0. The quantitative estimate of drug-likeness (QED) is 0.351. The molecule has 1 heterocycles. The second kappa shape index (κ2) is 9.84. The molecule has 0 saturated heterocycles. The number of pyridine rings is 1. The fraction of sp³-hybridized carbons (Fsp3) is 0.0769. The molecule has 0 saturated carbocycles. The zero-order valence-electron chi connectivity index (χ0n) is 18.3. The zero-order valence-corrected chi connectivity index (χ0v) is 19.9. The van der Waals surface area contributed by atoms with Gasteiger partial charge in [0, 0.05) is 15.4 Å². The Labute approximate surface area is 203 Å². The molecule has 4 rings (SSSR count). The molecule has 0 atom stereocenters. The fourth-order valence-electron chi connectivity index (χ4n) is 3.53. The van der Waals surface area contributed by atoms with Crippen molar-refractivity contribution < 1.29 is 23.9 Å². The van der Waals surface area contributed by atoms with Crippen LogP contribution in [0.25, 0.3) is 22.2 Å². The Balaban J connectivity index is 1.82. The Morgan fingerprint density at radius 2 is 1.59 bits per heavy atom. The highest BCUT2D eigenvalue weighted by molar-refractivity contribution is 9.10. The summed E-state index contributed by atoms with van der Waals surface area (Å²) in [4.78, 5) is 42.5. The highest BCUT2D eigenvalue weighted by atomic mass is 79.9. The van der Waals surface area contributed by atoms with Crippen LogP contribution in [0.4, 0.5) is 5.69 Å². The number of hydrogen-bond acceptors (Lipinski definition) is 6. The van der Waals surface area contributed by atoms with Crippen molar-refractivity contribution in [3.63, 3.8) is 0 Å². The number of para-hydroxylation sites is 1. The number of carbonyl (C=O) groups is 3. The van der Waals surface area contributed by atoms with Gasteiger partial charge in [0.1, 0.15) is 0 Å². The number of esters is 2. The molecule has 0 aliphatic rings. The maximum Gasteiger partial charge on any atom is 0.339 e. The van der Waals surface area contributed by atoms with Gasteiger partial charge < -0.3 is 14.8 Å². The fourth-order valence-corrected chi connectivity index (χ4v) is 3.93. The highest BCUT2D eigenvalue weighted by Gasteiger charge is 2.20. The van der Waals surface area contributed by atoms with Crippen LogP contribution in [0.5, 0.6) is 0 Å². The Morgan fingerprint density at radius 1 is 0.824 bits per heavy atom. The Morgan fingerprint density at radius 3 is 2.32 bits per heavy atom. The molecule has 170 valence electrons. The van der Waals surface area contributed by atoms with Crippen LogP contribution >= 0.6 is 15.9 Å². The minimum absolute atomic E-state index is 0.106. The summed E-state index contributed by atoms with van der Waals surface area (Å²) in [7, 11) is 2.49. The standard InChI is InChI=1S/C26H19BrN2O5/c1-33-25(31)16-10-11-19(26(32)34-2)23(13-16)29-24(30)20-14-22(15-6-5-7-17(27)12-15)28-21-9-4-3-8-18(20)21/h3-14H,1-2H3,(H,29,30). The summed E-state index contributed by atoms with van der Waals surface area (Å²) in [5.74, 6) is -1.72. The lowest BCUT2D eigenvalue weighted by molar-refractivity contribution is 0.0587. The Hall–Kier alpha value is -4.04. The number of anilines is 1. The molecule has 34 heavy (non-hydrogen) atoms. The first-order chi connectivity index (χ1) is 16.4. The maximum absolute atomic E-state index is 13.5. The van der Waals surface area contributed by atoms with E-state index < -0.39 is 17.8 Å². The van der Waals surface area contributed by atoms with Crippen molar-refractivity contribution in [2.24, 2.45) is 0 Å². The van der Waals surface area contributed by atoms with Crippen molar-refractivity contribution in [2.45, 2.75) is 0 Å². The Kier molecular flexibility index (Phi) is 6.70. The average Bonchev–Trinajstić information content (AvgIpc) is 2.87. The number of ether oxygens (including phenoxy) is 2. The highest BCUT2D eigenvalue weighted by Crippen LogP contribution is 2.28. The van der Waals surface area contributed by atoms with E-state index in [2.05, 4.69) is 21.2 Å². The number of benzene rings is 3. The van der Waals surface area contributed by atoms with E-state index in [0.29, 0.717) is 22.2 Å². The van der Waals surface area contributed by atoms with Crippen molar-refractivity contribution in [1.82, 2.24) is 4.98 Å². The molecule has 0 aliphatic heterocycles. The van der Waals surface area contributed by atoms with E-state index in [4.69, 9.17) is 14.5 Å². The molecule has 0 spiro atoms. The number of rotatable bonds is 5. The molecule has 0 aliphatic carbocycles. The third kappa shape index (κ3) is 4.67. The molecule has 7 nitrogen and oxygen atoms in total.